The molecule has 1 amide bonds. The first-order chi connectivity index (χ1) is 7.11. The average Bonchev–Trinajstić information content (AvgIpc) is 2.19. The van der Waals surface area contributed by atoms with Gasteiger partial charge in [-0.15, -0.1) is 0 Å². The highest BCUT2D eigenvalue weighted by Gasteiger charge is 2.40. The lowest BCUT2D eigenvalue weighted by Gasteiger charge is -2.28. The number of nitrogens with one attached hydrogen (secondary N) is 1. The Bertz CT molecular complexity index is 260. The number of alkyl carbamates (subject to hydrolysis) is 1. The van der Waals surface area contributed by atoms with Crippen LogP contribution in [-0.2, 0) is 4.74 Å². The molecule has 4 nitrogen and oxygen atoms in total. The molecule has 2 N–H and O–H groups in total. The van der Waals surface area contributed by atoms with Crippen LogP contribution in [-0.4, -0.2) is 28.4 Å². The van der Waals surface area contributed by atoms with Gasteiger partial charge in [-0.25, -0.2) is 4.79 Å². The van der Waals surface area contributed by atoms with E-state index in [-0.39, 0.29) is 17.6 Å². The molecule has 3 atom stereocenters. The van der Waals surface area contributed by atoms with Crippen molar-refractivity contribution in [3.05, 3.63) is 0 Å². The van der Waals surface area contributed by atoms with Gasteiger partial charge in [0.05, 0.1) is 6.10 Å². The summed E-state index contributed by atoms with van der Waals surface area (Å²) in [6, 6.07) is 0. The number of rotatable bonds is 1. The monoisotopic (exact) mass is 229 g/mol. The molecule has 1 saturated carbocycles. The molecule has 0 heterocycles. The highest BCUT2D eigenvalue weighted by Crippen LogP contribution is 2.34. The Balaban J connectivity index is 2.52. The molecule has 1 aliphatic rings. The van der Waals surface area contributed by atoms with E-state index in [1.807, 2.05) is 34.6 Å². The predicted octanol–water partition coefficient (Wildman–Crippen LogP) is 2.06. The molecule has 0 radical (unpaired) electrons. The zero-order chi connectivity index (χ0) is 12.6. The van der Waals surface area contributed by atoms with Crippen molar-refractivity contribution in [3.8, 4) is 0 Å². The molecule has 94 valence electrons. The third kappa shape index (κ3) is 3.67. The molecule has 0 aromatic heterocycles. The van der Waals surface area contributed by atoms with Crippen molar-refractivity contribution < 1.29 is 14.6 Å². The molecule has 0 aliphatic heterocycles. The smallest absolute Gasteiger partial charge is 0.408 e. The van der Waals surface area contributed by atoms with Gasteiger partial charge in [0.25, 0.3) is 0 Å². The largest absolute Gasteiger partial charge is 0.444 e. The molecule has 4 heteroatoms. The Morgan fingerprint density at radius 2 is 2.00 bits per heavy atom. The number of carbonyl (C=O) groups is 1. The summed E-state index contributed by atoms with van der Waals surface area (Å²) in [6.07, 6.45) is 0.636. The van der Waals surface area contributed by atoms with Gasteiger partial charge in [-0.3, -0.25) is 0 Å². The van der Waals surface area contributed by atoms with Crippen molar-refractivity contribution in [2.24, 2.45) is 5.92 Å². The van der Waals surface area contributed by atoms with E-state index in [0.29, 0.717) is 6.42 Å². The lowest BCUT2D eigenvalue weighted by Crippen LogP contribution is -2.46. The zero-order valence-corrected chi connectivity index (χ0v) is 10.8. The maximum Gasteiger partial charge on any atom is 0.408 e. The summed E-state index contributed by atoms with van der Waals surface area (Å²) in [5.74, 6) is 0.222. The zero-order valence-electron chi connectivity index (χ0n) is 10.8. The van der Waals surface area contributed by atoms with Gasteiger partial charge in [0.1, 0.15) is 5.60 Å². The maximum absolute atomic E-state index is 11.6. The van der Waals surface area contributed by atoms with E-state index in [1.54, 1.807) is 0 Å². The molecular formula is C12H23NO3. The second-order valence-corrected chi connectivity index (χ2v) is 6.14. The first-order valence-electron chi connectivity index (χ1n) is 5.80. The summed E-state index contributed by atoms with van der Waals surface area (Å²) in [7, 11) is 0. The van der Waals surface area contributed by atoms with Gasteiger partial charge in [-0.1, -0.05) is 6.92 Å². The summed E-state index contributed by atoms with van der Waals surface area (Å²) in [6.45, 7) is 9.44. The molecule has 16 heavy (non-hydrogen) atoms. The number of carbonyl (C=O) groups excluding carboxylic acids is 1. The molecule has 1 rings (SSSR count). The molecule has 0 aromatic carbocycles. The molecular weight excluding hydrogens is 206 g/mol. The minimum Gasteiger partial charge on any atom is -0.444 e. The Labute approximate surface area is 97.4 Å². The minimum absolute atomic E-state index is 0.222. The van der Waals surface area contributed by atoms with Crippen molar-refractivity contribution in [1.29, 1.82) is 0 Å². The second kappa shape index (κ2) is 4.24. The van der Waals surface area contributed by atoms with E-state index in [4.69, 9.17) is 4.74 Å². The van der Waals surface area contributed by atoms with Crippen molar-refractivity contribution in [3.63, 3.8) is 0 Å². The van der Waals surface area contributed by atoms with Crippen LogP contribution >= 0.6 is 0 Å². The highest BCUT2D eigenvalue weighted by molar-refractivity contribution is 5.68. The van der Waals surface area contributed by atoms with E-state index in [9.17, 15) is 9.90 Å². The van der Waals surface area contributed by atoms with Gasteiger partial charge in [0, 0.05) is 5.54 Å². The average molecular weight is 229 g/mol. The van der Waals surface area contributed by atoms with E-state index in [0.717, 1.165) is 6.42 Å². The predicted molar refractivity (Wildman–Crippen MR) is 62.2 cm³/mol. The molecule has 0 spiro atoms. The number of amides is 1. The van der Waals surface area contributed by atoms with Gasteiger partial charge >= 0.3 is 6.09 Å². The van der Waals surface area contributed by atoms with Crippen LogP contribution < -0.4 is 5.32 Å². The summed E-state index contributed by atoms with van der Waals surface area (Å²) >= 11 is 0. The van der Waals surface area contributed by atoms with Crippen molar-refractivity contribution in [2.45, 2.75) is 64.7 Å². The lowest BCUT2D eigenvalue weighted by atomic mass is 9.99. The quantitative estimate of drug-likeness (QED) is 0.723. The Hall–Kier alpha value is -0.770. The van der Waals surface area contributed by atoms with E-state index in [1.165, 1.54) is 0 Å². The number of aliphatic hydroxyl groups excluding tert-OH is 1. The minimum atomic E-state index is -0.483. The van der Waals surface area contributed by atoms with Crippen LogP contribution in [0.2, 0.25) is 0 Å². The van der Waals surface area contributed by atoms with Crippen molar-refractivity contribution in [2.75, 3.05) is 0 Å². The fourth-order valence-electron chi connectivity index (χ4n) is 2.24. The lowest BCUT2D eigenvalue weighted by molar-refractivity contribution is 0.0459. The summed E-state index contributed by atoms with van der Waals surface area (Å²) < 4.78 is 5.20. The van der Waals surface area contributed by atoms with E-state index in [2.05, 4.69) is 5.32 Å². The fourth-order valence-corrected chi connectivity index (χ4v) is 2.24. The molecule has 0 unspecified atom stereocenters. The number of hydrogen-bond donors (Lipinski definition) is 2. The van der Waals surface area contributed by atoms with Crippen LogP contribution in [0.5, 0.6) is 0 Å². The van der Waals surface area contributed by atoms with Crippen LogP contribution in [0.15, 0.2) is 0 Å². The summed E-state index contributed by atoms with van der Waals surface area (Å²) in [4.78, 5) is 11.6. The standard InChI is InChI=1S/C12H23NO3/c1-8-6-12(5,7-9(8)14)13-10(15)16-11(2,3)4/h8-9,14H,6-7H2,1-5H3,(H,13,15)/t8-,9+,12-/m1/s1. The van der Waals surface area contributed by atoms with Crippen LogP contribution in [0, 0.1) is 5.92 Å². The Morgan fingerprint density at radius 1 is 1.44 bits per heavy atom. The van der Waals surface area contributed by atoms with Crippen molar-refractivity contribution in [1.82, 2.24) is 5.32 Å². The molecule has 0 saturated heterocycles. The van der Waals surface area contributed by atoms with Gasteiger partial charge in [0.15, 0.2) is 0 Å². The summed E-state index contributed by atoms with van der Waals surface area (Å²) in [5, 5.41) is 12.5. The van der Waals surface area contributed by atoms with Crippen molar-refractivity contribution >= 4 is 6.09 Å². The van der Waals surface area contributed by atoms with Gasteiger partial charge in [0.2, 0.25) is 0 Å². The van der Waals surface area contributed by atoms with Gasteiger partial charge in [-0.2, -0.15) is 0 Å². The molecule has 0 aromatic rings. The third-order valence-electron chi connectivity index (χ3n) is 2.89. The van der Waals surface area contributed by atoms with Crippen LogP contribution in [0.3, 0.4) is 0 Å². The van der Waals surface area contributed by atoms with Crippen LogP contribution in [0.25, 0.3) is 0 Å². The topological polar surface area (TPSA) is 58.6 Å². The van der Waals surface area contributed by atoms with E-state index >= 15 is 0 Å². The number of aliphatic hydroxyl groups is 1. The second-order valence-electron chi connectivity index (χ2n) is 6.14. The maximum atomic E-state index is 11.6. The Kier molecular flexibility index (Phi) is 3.53. The molecule has 0 bridgehead atoms. The molecule has 1 fully saturated rings. The first kappa shape index (κ1) is 13.3. The van der Waals surface area contributed by atoms with Gasteiger partial charge in [-0.05, 0) is 46.5 Å². The number of ether oxygens (including phenoxy) is 1. The first-order valence-corrected chi connectivity index (χ1v) is 5.80. The van der Waals surface area contributed by atoms with Crippen LogP contribution in [0.4, 0.5) is 4.79 Å². The van der Waals surface area contributed by atoms with Crippen LogP contribution in [0.1, 0.15) is 47.5 Å². The Morgan fingerprint density at radius 3 is 2.38 bits per heavy atom. The highest BCUT2D eigenvalue weighted by atomic mass is 16.6. The normalized spacial score (nSPS) is 34.9. The van der Waals surface area contributed by atoms with E-state index < -0.39 is 11.7 Å². The summed E-state index contributed by atoms with van der Waals surface area (Å²) in [5.41, 5.74) is -0.829. The third-order valence-corrected chi connectivity index (χ3v) is 2.89. The SMILES string of the molecule is C[C@@H]1C[C@@](C)(NC(=O)OC(C)(C)C)C[C@@H]1O. The fraction of sp³-hybridized carbons (Fsp3) is 0.917. The molecule has 1 aliphatic carbocycles. The van der Waals surface area contributed by atoms with Gasteiger partial charge < -0.3 is 15.2 Å². The number of hydrogen-bond acceptors (Lipinski definition) is 3.